The summed E-state index contributed by atoms with van der Waals surface area (Å²) in [4.78, 5) is 32.8. The molecule has 3 heterocycles. The van der Waals surface area contributed by atoms with Crippen LogP contribution in [0.25, 0.3) is 0 Å². The van der Waals surface area contributed by atoms with Gasteiger partial charge in [-0.1, -0.05) is 5.16 Å². The van der Waals surface area contributed by atoms with Gasteiger partial charge in [0.1, 0.15) is 0 Å². The Bertz CT molecular complexity index is 668. The van der Waals surface area contributed by atoms with Gasteiger partial charge in [-0.25, -0.2) is 9.97 Å². The van der Waals surface area contributed by atoms with Crippen LogP contribution in [0.4, 0.5) is 0 Å². The Morgan fingerprint density at radius 1 is 1.40 bits per heavy atom. The molecule has 0 unspecified atom stereocenters. The fraction of sp³-hybridized carbons (Fsp3) is 0.250. The van der Waals surface area contributed by atoms with Crippen LogP contribution in [0.3, 0.4) is 0 Å². The van der Waals surface area contributed by atoms with E-state index in [1.165, 1.54) is 12.3 Å². The Morgan fingerprint density at radius 3 is 2.95 bits per heavy atom. The molecule has 2 amide bonds. The van der Waals surface area contributed by atoms with Crippen LogP contribution >= 0.6 is 0 Å². The summed E-state index contributed by atoms with van der Waals surface area (Å²) in [5.41, 5.74) is 6.70. The summed E-state index contributed by atoms with van der Waals surface area (Å²) >= 11 is 0. The van der Waals surface area contributed by atoms with Gasteiger partial charge in [-0.05, 0) is 12.0 Å². The van der Waals surface area contributed by atoms with Gasteiger partial charge in [0.15, 0.2) is 0 Å². The Labute approximate surface area is 113 Å². The molecule has 0 radical (unpaired) electrons. The molecular weight excluding hydrogens is 262 g/mol. The first-order valence-corrected chi connectivity index (χ1v) is 5.99. The lowest BCUT2D eigenvalue weighted by atomic mass is 10.1. The molecule has 8 nitrogen and oxygen atoms in total. The van der Waals surface area contributed by atoms with E-state index in [1.807, 2.05) is 0 Å². The number of primary amides is 1. The smallest absolute Gasteiger partial charge is 0.292 e. The Balaban J connectivity index is 1.85. The molecule has 2 N–H and O–H groups in total. The molecule has 0 fully saturated rings. The highest BCUT2D eigenvalue weighted by atomic mass is 16.5. The first-order valence-electron chi connectivity index (χ1n) is 5.99. The Morgan fingerprint density at radius 2 is 2.25 bits per heavy atom. The predicted molar refractivity (Wildman–Crippen MR) is 65.5 cm³/mol. The number of amides is 2. The van der Waals surface area contributed by atoms with E-state index in [4.69, 9.17) is 10.3 Å². The van der Waals surface area contributed by atoms with Crippen LogP contribution in [-0.4, -0.2) is 38.4 Å². The minimum Gasteiger partial charge on any atom is -0.363 e. The Hall–Kier alpha value is -2.77. The quantitative estimate of drug-likeness (QED) is 0.807. The molecule has 0 saturated heterocycles. The van der Waals surface area contributed by atoms with Crippen LogP contribution in [0.5, 0.6) is 0 Å². The molecule has 3 rings (SSSR count). The van der Waals surface area contributed by atoms with E-state index in [1.54, 1.807) is 11.1 Å². The van der Waals surface area contributed by atoms with Crippen molar-refractivity contribution >= 4 is 11.8 Å². The average Bonchev–Trinajstić information content (AvgIpc) is 2.99. The summed E-state index contributed by atoms with van der Waals surface area (Å²) in [7, 11) is 0. The van der Waals surface area contributed by atoms with Crippen LogP contribution in [0, 0.1) is 0 Å². The van der Waals surface area contributed by atoms with Crippen molar-refractivity contribution in [1.29, 1.82) is 0 Å². The molecule has 2 aromatic heterocycles. The van der Waals surface area contributed by atoms with Gasteiger partial charge < -0.3 is 15.2 Å². The summed E-state index contributed by atoms with van der Waals surface area (Å²) in [5, 5.41) is 3.51. The van der Waals surface area contributed by atoms with Gasteiger partial charge in [-0.2, -0.15) is 0 Å². The van der Waals surface area contributed by atoms with E-state index < -0.39 is 5.91 Å². The lowest BCUT2D eigenvalue weighted by Gasteiger charge is -2.26. The fourth-order valence-electron chi connectivity index (χ4n) is 2.08. The van der Waals surface area contributed by atoms with Crippen molar-refractivity contribution in [1.82, 2.24) is 20.0 Å². The van der Waals surface area contributed by atoms with Gasteiger partial charge in [0.05, 0.1) is 18.4 Å². The number of rotatable bonds is 2. The van der Waals surface area contributed by atoms with Gasteiger partial charge >= 0.3 is 0 Å². The van der Waals surface area contributed by atoms with Gasteiger partial charge in [-0.3, -0.25) is 9.59 Å². The predicted octanol–water partition coefficient (Wildman–Crippen LogP) is -0.238. The van der Waals surface area contributed by atoms with E-state index in [2.05, 4.69) is 15.1 Å². The van der Waals surface area contributed by atoms with E-state index in [0.717, 1.165) is 5.56 Å². The second kappa shape index (κ2) is 4.72. The molecular formula is C12H11N5O3. The summed E-state index contributed by atoms with van der Waals surface area (Å²) in [6.07, 6.45) is 3.62. The number of nitrogens with two attached hydrogens (primary N) is 1. The molecule has 20 heavy (non-hydrogen) atoms. The maximum Gasteiger partial charge on any atom is 0.292 e. The number of carbonyl (C=O) groups excluding carboxylic acids is 2. The molecule has 0 aromatic carbocycles. The van der Waals surface area contributed by atoms with Crippen molar-refractivity contribution < 1.29 is 14.1 Å². The molecule has 0 spiro atoms. The molecule has 0 saturated carbocycles. The van der Waals surface area contributed by atoms with Crippen molar-refractivity contribution in [2.45, 2.75) is 13.0 Å². The van der Waals surface area contributed by atoms with Gasteiger partial charge in [0.25, 0.3) is 11.8 Å². The maximum atomic E-state index is 12.1. The molecule has 0 aliphatic carbocycles. The number of carbonyl (C=O) groups is 2. The van der Waals surface area contributed by atoms with E-state index in [9.17, 15) is 9.59 Å². The fourth-order valence-corrected chi connectivity index (χ4v) is 2.08. The third-order valence-electron chi connectivity index (χ3n) is 3.10. The second-order valence-electron chi connectivity index (χ2n) is 4.38. The van der Waals surface area contributed by atoms with Crippen LogP contribution in [0.15, 0.2) is 23.0 Å². The van der Waals surface area contributed by atoms with Gasteiger partial charge in [0, 0.05) is 18.8 Å². The van der Waals surface area contributed by atoms with Crippen LogP contribution < -0.4 is 5.73 Å². The van der Waals surface area contributed by atoms with E-state index in [0.29, 0.717) is 18.7 Å². The highest BCUT2D eigenvalue weighted by Gasteiger charge is 2.25. The summed E-state index contributed by atoms with van der Waals surface area (Å²) in [6.45, 7) is 0.823. The highest BCUT2D eigenvalue weighted by molar-refractivity contribution is 5.91. The summed E-state index contributed by atoms with van der Waals surface area (Å²) in [6, 6.07) is 1.51. The zero-order chi connectivity index (χ0) is 14.1. The molecule has 1 aliphatic heterocycles. The van der Waals surface area contributed by atoms with Gasteiger partial charge in [0.2, 0.25) is 11.6 Å². The first-order chi connectivity index (χ1) is 9.65. The summed E-state index contributed by atoms with van der Waals surface area (Å²) < 4.78 is 4.85. The summed E-state index contributed by atoms with van der Waals surface area (Å²) in [5.74, 6) is -0.811. The third kappa shape index (κ3) is 2.11. The van der Waals surface area contributed by atoms with Crippen molar-refractivity contribution in [2.75, 3.05) is 6.54 Å². The zero-order valence-electron chi connectivity index (χ0n) is 10.4. The van der Waals surface area contributed by atoms with Crippen molar-refractivity contribution in [3.05, 3.63) is 41.3 Å². The monoisotopic (exact) mass is 273 g/mol. The topological polar surface area (TPSA) is 115 Å². The SMILES string of the molecule is NC(=O)c1ncc2c(n1)CN(C(=O)c1ccno1)CC2. The normalized spacial score (nSPS) is 13.9. The Kier molecular flexibility index (Phi) is 2.90. The lowest BCUT2D eigenvalue weighted by Crippen LogP contribution is -2.37. The number of fused-ring (bicyclic) bond motifs is 1. The number of hydrogen-bond donors (Lipinski definition) is 1. The van der Waals surface area contributed by atoms with Crippen molar-refractivity contribution in [2.24, 2.45) is 5.73 Å². The van der Waals surface area contributed by atoms with E-state index in [-0.39, 0.29) is 24.0 Å². The minimum absolute atomic E-state index is 0.0438. The number of nitrogens with zero attached hydrogens (tertiary/aromatic N) is 4. The molecule has 8 heteroatoms. The highest BCUT2D eigenvalue weighted by Crippen LogP contribution is 2.18. The minimum atomic E-state index is -0.688. The van der Waals surface area contributed by atoms with Crippen molar-refractivity contribution in [3.63, 3.8) is 0 Å². The number of hydrogen-bond acceptors (Lipinski definition) is 6. The standard InChI is InChI=1S/C12H11N5O3/c13-10(18)11-14-5-7-2-4-17(6-8(7)16-11)12(19)9-1-3-15-20-9/h1,3,5H,2,4,6H2,(H2,13,18). The van der Waals surface area contributed by atoms with Crippen LogP contribution in [0.2, 0.25) is 0 Å². The lowest BCUT2D eigenvalue weighted by molar-refractivity contribution is 0.0689. The first kappa shape index (κ1) is 12.3. The van der Waals surface area contributed by atoms with E-state index >= 15 is 0 Å². The zero-order valence-corrected chi connectivity index (χ0v) is 10.4. The molecule has 1 aliphatic rings. The molecule has 2 aromatic rings. The maximum absolute atomic E-state index is 12.1. The largest absolute Gasteiger partial charge is 0.363 e. The van der Waals surface area contributed by atoms with Crippen LogP contribution in [0.1, 0.15) is 32.4 Å². The third-order valence-corrected chi connectivity index (χ3v) is 3.10. The van der Waals surface area contributed by atoms with Gasteiger partial charge in [-0.15, -0.1) is 0 Å². The molecule has 0 atom stereocenters. The van der Waals surface area contributed by atoms with Crippen molar-refractivity contribution in [3.8, 4) is 0 Å². The second-order valence-corrected chi connectivity index (χ2v) is 4.38. The average molecular weight is 273 g/mol. The number of aromatic nitrogens is 3. The molecule has 0 bridgehead atoms. The molecule has 102 valence electrons. The van der Waals surface area contributed by atoms with Crippen LogP contribution in [-0.2, 0) is 13.0 Å².